The largest absolute Gasteiger partial charge is 0.368 e. The number of benzene rings is 1. The molecule has 1 heterocycles. The Morgan fingerprint density at radius 2 is 2.20 bits per heavy atom. The summed E-state index contributed by atoms with van der Waals surface area (Å²) in [4.78, 5) is 2.41. The zero-order valence-electron chi connectivity index (χ0n) is 8.84. The Kier molecular flexibility index (Phi) is 3.57. The van der Waals surface area contributed by atoms with E-state index in [1.165, 1.54) is 24.9 Å². The van der Waals surface area contributed by atoms with E-state index in [0.29, 0.717) is 6.04 Å². The molecule has 1 atom stereocenters. The van der Waals surface area contributed by atoms with Crippen LogP contribution in [0.25, 0.3) is 0 Å². The second-order valence-electron chi connectivity index (χ2n) is 4.13. The van der Waals surface area contributed by atoms with E-state index in [9.17, 15) is 0 Å². The Morgan fingerprint density at radius 1 is 1.40 bits per heavy atom. The summed E-state index contributed by atoms with van der Waals surface area (Å²) in [5, 5.41) is 0.845. The van der Waals surface area contributed by atoms with Gasteiger partial charge in [0, 0.05) is 17.1 Å². The lowest BCUT2D eigenvalue weighted by Gasteiger charge is -2.36. The van der Waals surface area contributed by atoms with Gasteiger partial charge in [0.1, 0.15) is 0 Å². The fraction of sp³-hybridized carbons (Fsp3) is 0.500. The molecule has 1 aliphatic heterocycles. The molecule has 1 aliphatic rings. The molecule has 15 heavy (non-hydrogen) atoms. The molecule has 0 N–H and O–H groups in total. The molecular weight excluding hydrogens is 273 g/mol. The highest BCUT2D eigenvalue weighted by molar-refractivity contribution is 9.10. The molecule has 1 saturated heterocycles. The van der Waals surface area contributed by atoms with Crippen molar-refractivity contribution in [3.63, 3.8) is 0 Å². The fourth-order valence-corrected chi connectivity index (χ4v) is 2.95. The predicted molar refractivity (Wildman–Crippen MR) is 69.8 cm³/mol. The quantitative estimate of drug-likeness (QED) is 0.736. The molecule has 0 amide bonds. The summed E-state index contributed by atoms with van der Waals surface area (Å²) >= 11 is 9.69. The third-order valence-corrected chi connectivity index (χ3v) is 3.82. The van der Waals surface area contributed by atoms with E-state index in [1.54, 1.807) is 0 Å². The topological polar surface area (TPSA) is 3.24 Å². The summed E-state index contributed by atoms with van der Waals surface area (Å²) < 4.78 is 1.04. The van der Waals surface area contributed by atoms with Gasteiger partial charge in [0.2, 0.25) is 0 Å². The van der Waals surface area contributed by atoms with Crippen LogP contribution in [-0.2, 0) is 0 Å². The molecule has 1 unspecified atom stereocenters. The zero-order chi connectivity index (χ0) is 10.8. The van der Waals surface area contributed by atoms with E-state index < -0.39 is 0 Å². The van der Waals surface area contributed by atoms with E-state index in [4.69, 9.17) is 11.6 Å². The van der Waals surface area contributed by atoms with Crippen molar-refractivity contribution in [1.29, 1.82) is 0 Å². The Balaban J connectivity index is 2.27. The Labute approximate surface area is 105 Å². The standard InChI is InChI=1S/C12H15BrClN/c1-9-4-2-3-7-15(9)12-6-5-10(13)8-11(12)14/h5-6,8-9H,2-4,7H2,1H3. The van der Waals surface area contributed by atoms with Crippen molar-refractivity contribution < 1.29 is 0 Å². The van der Waals surface area contributed by atoms with E-state index in [1.807, 2.05) is 6.07 Å². The summed E-state index contributed by atoms with van der Waals surface area (Å²) in [6, 6.07) is 6.74. The smallest absolute Gasteiger partial charge is 0.0650 e. The Hall–Kier alpha value is -0.210. The van der Waals surface area contributed by atoms with Gasteiger partial charge in [0.25, 0.3) is 0 Å². The Bertz CT molecular complexity index is 353. The van der Waals surface area contributed by atoms with Crippen molar-refractivity contribution >= 4 is 33.2 Å². The second-order valence-corrected chi connectivity index (χ2v) is 5.46. The first-order valence-corrected chi connectivity index (χ1v) is 6.57. The van der Waals surface area contributed by atoms with E-state index in [2.05, 4.69) is 39.9 Å². The predicted octanol–water partition coefficient (Wildman–Crippen LogP) is 4.48. The van der Waals surface area contributed by atoms with Crippen LogP contribution in [-0.4, -0.2) is 12.6 Å². The molecule has 2 rings (SSSR count). The van der Waals surface area contributed by atoms with Crippen molar-refractivity contribution in [1.82, 2.24) is 0 Å². The number of nitrogens with zero attached hydrogens (tertiary/aromatic N) is 1. The summed E-state index contributed by atoms with van der Waals surface area (Å²) in [6.07, 6.45) is 3.88. The van der Waals surface area contributed by atoms with Crippen molar-refractivity contribution in [3.8, 4) is 0 Å². The van der Waals surface area contributed by atoms with Gasteiger partial charge in [-0.2, -0.15) is 0 Å². The molecule has 0 aromatic heterocycles. The highest BCUT2D eigenvalue weighted by atomic mass is 79.9. The highest BCUT2D eigenvalue weighted by Crippen LogP contribution is 2.32. The number of anilines is 1. The van der Waals surface area contributed by atoms with Gasteiger partial charge in [0.15, 0.2) is 0 Å². The van der Waals surface area contributed by atoms with Gasteiger partial charge in [-0.15, -0.1) is 0 Å². The summed E-state index contributed by atoms with van der Waals surface area (Å²) in [5.41, 5.74) is 1.17. The number of hydrogen-bond donors (Lipinski definition) is 0. The molecule has 1 aromatic carbocycles. The van der Waals surface area contributed by atoms with E-state index in [0.717, 1.165) is 16.0 Å². The maximum atomic E-state index is 6.26. The van der Waals surface area contributed by atoms with Gasteiger partial charge in [-0.3, -0.25) is 0 Å². The van der Waals surface area contributed by atoms with Crippen LogP contribution < -0.4 is 4.90 Å². The summed E-state index contributed by atoms with van der Waals surface area (Å²) in [7, 11) is 0. The lowest BCUT2D eigenvalue weighted by atomic mass is 10.0. The number of rotatable bonds is 1. The van der Waals surface area contributed by atoms with Crippen LogP contribution in [0.15, 0.2) is 22.7 Å². The molecule has 0 radical (unpaired) electrons. The highest BCUT2D eigenvalue weighted by Gasteiger charge is 2.20. The first-order valence-electron chi connectivity index (χ1n) is 5.40. The van der Waals surface area contributed by atoms with Gasteiger partial charge in [0.05, 0.1) is 10.7 Å². The third kappa shape index (κ3) is 2.48. The lowest BCUT2D eigenvalue weighted by Crippen LogP contribution is -2.37. The fourth-order valence-electron chi connectivity index (χ4n) is 2.17. The Morgan fingerprint density at radius 3 is 2.87 bits per heavy atom. The molecule has 0 aliphatic carbocycles. The lowest BCUT2D eigenvalue weighted by molar-refractivity contribution is 0.485. The SMILES string of the molecule is CC1CCCCN1c1ccc(Br)cc1Cl. The van der Waals surface area contributed by atoms with Gasteiger partial charge < -0.3 is 4.90 Å². The minimum absolute atomic E-state index is 0.609. The van der Waals surface area contributed by atoms with Crippen LogP contribution >= 0.6 is 27.5 Å². The summed E-state index contributed by atoms with van der Waals surface area (Å²) in [6.45, 7) is 3.40. The van der Waals surface area contributed by atoms with Gasteiger partial charge in [-0.1, -0.05) is 27.5 Å². The first kappa shape index (κ1) is 11.3. The van der Waals surface area contributed by atoms with E-state index in [-0.39, 0.29) is 0 Å². The van der Waals surface area contributed by atoms with Crippen molar-refractivity contribution in [2.75, 3.05) is 11.4 Å². The maximum Gasteiger partial charge on any atom is 0.0650 e. The molecule has 3 heteroatoms. The zero-order valence-corrected chi connectivity index (χ0v) is 11.2. The molecule has 1 nitrogen and oxygen atoms in total. The molecule has 1 aromatic rings. The van der Waals surface area contributed by atoms with Crippen LogP contribution in [0.3, 0.4) is 0 Å². The molecule has 1 fully saturated rings. The van der Waals surface area contributed by atoms with Crippen molar-refractivity contribution in [3.05, 3.63) is 27.7 Å². The number of halogens is 2. The van der Waals surface area contributed by atoms with Crippen molar-refractivity contribution in [2.45, 2.75) is 32.2 Å². The second kappa shape index (κ2) is 4.75. The van der Waals surface area contributed by atoms with Crippen LogP contribution in [0.2, 0.25) is 5.02 Å². The average Bonchev–Trinajstić information content (AvgIpc) is 2.20. The molecular formula is C12H15BrClN. The number of hydrogen-bond acceptors (Lipinski definition) is 1. The number of piperidine rings is 1. The summed E-state index contributed by atoms with van der Waals surface area (Å²) in [5.74, 6) is 0. The first-order chi connectivity index (χ1) is 7.18. The van der Waals surface area contributed by atoms with Crippen LogP contribution in [0.4, 0.5) is 5.69 Å². The normalized spacial score (nSPS) is 21.8. The molecule has 0 bridgehead atoms. The van der Waals surface area contributed by atoms with Gasteiger partial charge in [-0.05, 0) is 44.4 Å². The van der Waals surface area contributed by atoms with Gasteiger partial charge >= 0.3 is 0 Å². The third-order valence-electron chi connectivity index (χ3n) is 3.02. The van der Waals surface area contributed by atoms with Crippen LogP contribution in [0.5, 0.6) is 0 Å². The van der Waals surface area contributed by atoms with Crippen LogP contribution in [0.1, 0.15) is 26.2 Å². The molecule has 0 spiro atoms. The average molecular weight is 289 g/mol. The molecule has 0 saturated carbocycles. The minimum Gasteiger partial charge on any atom is -0.368 e. The van der Waals surface area contributed by atoms with Gasteiger partial charge in [-0.25, -0.2) is 0 Å². The monoisotopic (exact) mass is 287 g/mol. The minimum atomic E-state index is 0.609. The van der Waals surface area contributed by atoms with E-state index >= 15 is 0 Å². The molecule has 82 valence electrons. The van der Waals surface area contributed by atoms with Crippen molar-refractivity contribution in [2.24, 2.45) is 0 Å². The van der Waals surface area contributed by atoms with Crippen LogP contribution in [0, 0.1) is 0 Å². The maximum absolute atomic E-state index is 6.26.